The van der Waals surface area contributed by atoms with Gasteiger partial charge in [0, 0.05) is 5.92 Å². The first kappa shape index (κ1) is 16.8. The summed E-state index contributed by atoms with van der Waals surface area (Å²) in [5, 5.41) is 7.63. The van der Waals surface area contributed by atoms with Crippen molar-refractivity contribution in [2.45, 2.75) is 37.2 Å². The van der Waals surface area contributed by atoms with E-state index >= 15 is 0 Å². The molecule has 0 aliphatic heterocycles. The summed E-state index contributed by atoms with van der Waals surface area (Å²) < 4.78 is 51.5. The molecular weight excluding hydrogens is 361 g/mol. The van der Waals surface area contributed by atoms with Crippen molar-refractivity contribution in [2.75, 3.05) is 4.72 Å². The fourth-order valence-electron chi connectivity index (χ4n) is 2.67. The summed E-state index contributed by atoms with van der Waals surface area (Å²) in [4.78, 5) is 0. The molecule has 1 aliphatic rings. The van der Waals surface area contributed by atoms with E-state index in [1.807, 2.05) is 0 Å². The largest absolute Gasteiger partial charge is 0.438 e. The van der Waals surface area contributed by atoms with Gasteiger partial charge in [-0.25, -0.2) is 4.39 Å². The molecule has 2 aromatic heterocycles. The van der Waals surface area contributed by atoms with E-state index < -0.39 is 15.8 Å². The summed E-state index contributed by atoms with van der Waals surface area (Å²) in [5.41, 5.74) is 0.733. The van der Waals surface area contributed by atoms with Crippen molar-refractivity contribution < 1.29 is 21.6 Å². The molecule has 0 amide bonds. The first-order chi connectivity index (χ1) is 12.4. The highest BCUT2D eigenvalue weighted by atomic mass is 32.2. The van der Waals surface area contributed by atoms with Gasteiger partial charge in [0.2, 0.25) is 11.0 Å². The van der Waals surface area contributed by atoms with E-state index in [0.717, 1.165) is 19.3 Å². The first-order valence-corrected chi connectivity index (χ1v) is 9.63. The van der Waals surface area contributed by atoms with Gasteiger partial charge < -0.3 is 8.83 Å². The van der Waals surface area contributed by atoms with Crippen LogP contribution in [-0.2, 0) is 10.0 Å². The van der Waals surface area contributed by atoms with E-state index in [0.29, 0.717) is 11.5 Å². The van der Waals surface area contributed by atoms with Crippen LogP contribution < -0.4 is 4.72 Å². The number of halogens is 1. The quantitative estimate of drug-likeness (QED) is 0.725. The second kappa shape index (κ2) is 6.24. The molecule has 0 spiro atoms. The van der Waals surface area contributed by atoms with Crippen LogP contribution in [0.25, 0.3) is 11.7 Å². The topological polar surface area (TPSA) is 98.2 Å². The highest BCUT2D eigenvalue weighted by Gasteiger charge is 2.27. The van der Waals surface area contributed by atoms with E-state index in [9.17, 15) is 12.8 Å². The maximum atomic E-state index is 13.2. The van der Waals surface area contributed by atoms with Gasteiger partial charge in [-0.1, -0.05) is 6.42 Å². The number of aryl methyl sites for hydroxylation is 1. The predicted octanol–water partition coefficient (Wildman–Crippen LogP) is 3.85. The number of nitrogens with zero attached hydrogens (tertiary/aromatic N) is 2. The summed E-state index contributed by atoms with van der Waals surface area (Å²) >= 11 is 0. The van der Waals surface area contributed by atoms with Crippen molar-refractivity contribution in [1.82, 2.24) is 10.2 Å². The molecule has 0 atom stereocenters. The Labute approximate surface area is 149 Å². The lowest BCUT2D eigenvalue weighted by Crippen LogP contribution is -2.13. The summed E-state index contributed by atoms with van der Waals surface area (Å²) in [6.07, 6.45) is 3.17. The first-order valence-electron chi connectivity index (χ1n) is 8.15. The average molecular weight is 377 g/mol. The number of hydrogen-bond acceptors (Lipinski definition) is 6. The Bertz CT molecular complexity index is 1050. The van der Waals surface area contributed by atoms with Crippen molar-refractivity contribution in [3.63, 3.8) is 0 Å². The number of benzene rings is 1. The number of furan rings is 1. The Morgan fingerprint density at radius 1 is 1.15 bits per heavy atom. The molecule has 3 aromatic rings. The molecule has 0 saturated heterocycles. The zero-order valence-electron chi connectivity index (χ0n) is 13.9. The molecule has 1 aliphatic carbocycles. The van der Waals surface area contributed by atoms with Gasteiger partial charge in [0.25, 0.3) is 15.9 Å². The van der Waals surface area contributed by atoms with Crippen LogP contribution in [0.5, 0.6) is 0 Å². The fraction of sp³-hybridized carbons (Fsp3) is 0.294. The molecule has 26 heavy (non-hydrogen) atoms. The van der Waals surface area contributed by atoms with E-state index in [-0.39, 0.29) is 28.3 Å². The number of sulfonamides is 1. The number of anilines is 1. The molecular formula is C17H16FN3O4S. The standard InChI is InChI=1S/C17H16FN3O4S/c1-10-9-12(18)5-6-13(10)21-26(22,23)15-8-7-14(24-15)17-20-19-16(25-17)11-3-2-4-11/h5-9,11,21H,2-4H2,1H3. The molecule has 1 N–H and O–H groups in total. The Morgan fingerprint density at radius 2 is 1.96 bits per heavy atom. The minimum atomic E-state index is -3.97. The van der Waals surface area contributed by atoms with Crippen molar-refractivity contribution in [3.05, 3.63) is 47.6 Å². The molecule has 7 nitrogen and oxygen atoms in total. The van der Waals surface area contributed by atoms with Crippen LogP contribution in [0.2, 0.25) is 0 Å². The molecule has 4 rings (SSSR count). The van der Waals surface area contributed by atoms with Crippen LogP contribution in [0.15, 0.2) is 44.3 Å². The normalized spacial score (nSPS) is 15.0. The third kappa shape index (κ3) is 3.10. The van der Waals surface area contributed by atoms with Crippen molar-refractivity contribution >= 4 is 15.7 Å². The van der Waals surface area contributed by atoms with Crippen LogP contribution in [0.4, 0.5) is 10.1 Å². The highest BCUT2D eigenvalue weighted by Crippen LogP contribution is 2.36. The second-order valence-corrected chi connectivity index (χ2v) is 7.87. The lowest BCUT2D eigenvalue weighted by molar-refractivity contribution is 0.334. The maximum Gasteiger partial charge on any atom is 0.295 e. The van der Waals surface area contributed by atoms with Crippen molar-refractivity contribution in [3.8, 4) is 11.7 Å². The van der Waals surface area contributed by atoms with Gasteiger partial charge in [-0.2, -0.15) is 8.42 Å². The Hall–Kier alpha value is -2.68. The van der Waals surface area contributed by atoms with Gasteiger partial charge in [0.15, 0.2) is 5.76 Å². The van der Waals surface area contributed by atoms with E-state index in [4.69, 9.17) is 8.83 Å². The Morgan fingerprint density at radius 3 is 2.65 bits per heavy atom. The van der Waals surface area contributed by atoms with E-state index in [1.165, 1.54) is 30.3 Å². The van der Waals surface area contributed by atoms with Gasteiger partial charge in [0.1, 0.15) is 5.82 Å². The SMILES string of the molecule is Cc1cc(F)ccc1NS(=O)(=O)c1ccc(-c2nnc(C3CCC3)o2)o1. The molecule has 1 fully saturated rings. The Kier molecular flexibility index (Phi) is 4.03. The van der Waals surface area contributed by atoms with Gasteiger partial charge in [-0.3, -0.25) is 4.72 Å². The third-order valence-corrected chi connectivity index (χ3v) is 5.62. The molecule has 1 aromatic carbocycles. The van der Waals surface area contributed by atoms with E-state index in [1.54, 1.807) is 6.92 Å². The maximum absolute atomic E-state index is 13.2. The van der Waals surface area contributed by atoms with Crippen LogP contribution in [0.1, 0.15) is 36.6 Å². The van der Waals surface area contributed by atoms with Crippen molar-refractivity contribution in [1.29, 1.82) is 0 Å². The predicted molar refractivity (Wildman–Crippen MR) is 90.5 cm³/mol. The lowest BCUT2D eigenvalue weighted by Gasteiger charge is -2.20. The van der Waals surface area contributed by atoms with Crippen LogP contribution in [-0.4, -0.2) is 18.6 Å². The molecule has 136 valence electrons. The Balaban J connectivity index is 1.57. The van der Waals surface area contributed by atoms with E-state index in [2.05, 4.69) is 14.9 Å². The number of hydrogen-bond donors (Lipinski definition) is 1. The minimum absolute atomic E-state index is 0.145. The monoisotopic (exact) mass is 377 g/mol. The lowest BCUT2D eigenvalue weighted by atomic mass is 9.85. The summed E-state index contributed by atoms with van der Waals surface area (Å²) in [5.74, 6) is 0.708. The fourth-order valence-corrected chi connectivity index (χ4v) is 3.74. The highest BCUT2D eigenvalue weighted by molar-refractivity contribution is 7.92. The molecule has 1 saturated carbocycles. The molecule has 2 heterocycles. The summed E-state index contributed by atoms with van der Waals surface area (Å²) in [6, 6.07) is 6.55. The van der Waals surface area contributed by atoms with Crippen LogP contribution in [0, 0.1) is 12.7 Å². The average Bonchev–Trinajstić information content (AvgIpc) is 3.17. The van der Waals surface area contributed by atoms with Gasteiger partial charge in [-0.05, 0) is 55.7 Å². The molecule has 0 bridgehead atoms. The number of aromatic nitrogens is 2. The third-order valence-electron chi connectivity index (χ3n) is 4.38. The van der Waals surface area contributed by atoms with Crippen LogP contribution in [0.3, 0.4) is 0 Å². The van der Waals surface area contributed by atoms with Crippen LogP contribution >= 0.6 is 0 Å². The van der Waals surface area contributed by atoms with Crippen molar-refractivity contribution in [2.24, 2.45) is 0 Å². The number of nitrogens with one attached hydrogen (secondary N) is 1. The zero-order valence-corrected chi connectivity index (χ0v) is 14.7. The molecule has 0 radical (unpaired) electrons. The number of rotatable bonds is 5. The van der Waals surface area contributed by atoms with Gasteiger partial charge >= 0.3 is 0 Å². The minimum Gasteiger partial charge on any atom is -0.438 e. The summed E-state index contributed by atoms with van der Waals surface area (Å²) in [7, 11) is -3.97. The molecule has 9 heteroatoms. The molecule has 0 unspecified atom stereocenters. The summed E-state index contributed by atoms with van der Waals surface area (Å²) in [6.45, 7) is 1.61. The zero-order chi connectivity index (χ0) is 18.3. The smallest absolute Gasteiger partial charge is 0.295 e. The van der Waals surface area contributed by atoms with Gasteiger partial charge in [-0.15, -0.1) is 10.2 Å². The van der Waals surface area contributed by atoms with Gasteiger partial charge in [0.05, 0.1) is 5.69 Å². The second-order valence-electron chi connectivity index (χ2n) is 6.26.